The molecule has 1 N–H and O–H groups in total. The first kappa shape index (κ1) is 16.1. The van der Waals surface area contributed by atoms with Crippen LogP contribution in [0.1, 0.15) is 49.2 Å². The molecule has 0 aromatic carbocycles. The Morgan fingerprint density at radius 3 is 2.70 bits per heavy atom. The SMILES string of the molecule is Cc1c[nH]c(C(=O)N2CCC(=O)N(CC3CC3)[C@@H](C(C)C)C2)c1. The van der Waals surface area contributed by atoms with E-state index in [0.29, 0.717) is 37.0 Å². The molecule has 0 radical (unpaired) electrons. The summed E-state index contributed by atoms with van der Waals surface area (Å²) in [4.78, 5) is 32.3. The van der Waals surface area contributed by atoms with Crippen LogP contribution >= 0.6 is 0 Å². The molecular formula is C18H27N3O2. The van der Waals surface area contributed by atoms with Crippen LogP contribution in [0.5, 0.6) is 0 Å². The molecule has 1 aliphatic carbocycles. The van der Waals surface area contributed by atoms with Gasteiger partial charge in [-0.3, -0.25) is 9.59 Å². The van der Waals surface area contributed by atoms with Gasteiger partial charge in [-0.1, -0.05) is 13.8 Å². The van der Waals surface area contributed by atoms with Crippen molar-refractivity contribution < 1.29 is 9.59 Å². The maximum absolute atomic E-state index is 12.7. The number of nitrogens with one attached hydrogen (secondary N) is 1. The highest BCUT2D eigenvalue weighted by Gasteiger charge is 2.36. The van der Waals surface area contributed by atoms with Crippen LogP contribution < -0.4 is 0 Å². The minimum Gasteiger partial charge on any atom is -0.357 e. The van der Waals surface area contributed by atoms with Crippen LogP contribution in [0.3, 0.4) is 0 Å². The number of nitrogens with zero attached hydrogens (tertiary/aromatic N) is 2. The number of aromatic nitrogens is 1. The van der Waals surface area contributed by atoms with Crippen molar-refractivity contribution in [2.45, 2.75) is 46.1 Å². The Balaban J connectivity index is 1.78. The summed E-state index contributed by atoms with van der Waals surface area (Å²) >= 11 is 0. The highest BCUT2D eigenvalue weighted by atomic mass is 16.2. The highest BCUT2D eigenvalue weighted by molar-refractivity contribution is 5.93. The van der Waals surface area contributed by atoms with Gasteiger partial charge in [-0.05, 0) is 43.2 Å². The molecule has 1 saturated carbocycles. The number of rotatable bonds is 4. The van der Waals surface area contributed by atoms with Crippen molar-refractivity contribution in [3.8, 4) is 0 Å². The molecule has 1 aromatic rings. The second-order valence-corrected chi connectivity index (χ2v) is 7.39. The third-order valence-corrected chi connectivity index (χ3v) is 4.99. The fourth-order valence-electron chi connectivity index (χ4n) is 3.34. The number of carbonyl (C=O) groups is 2. The van der Waals surface area contributed by atoms with E-state index in [0.717, 1.165) is 12.1 Å². The molecule has 0 unspecified atom stereocenters. The molecule has 1 aliphatic heterocycles. The smallest absolute Gasteiger partial charge is 0.270 e. The van der Waals surface area contributed by atoms with E-state index in [-0.39, 0.29) is 17.9 Å². The first-order chi connectivity index (χ1) is 11.0. The fraction of sp³-hybridized carbons (Fsp3) is 0.667. The van der Waals surface area contributed by atoms with Crippen LogP contribution in [0.15, 0.2) is 12.3 Å². The van der Waals surface area contributed by atoms with Crippen LogP contribution in [0.2, 0.25) is 0 Å². The van der Waals surface area contributed by atoms with Gasteiger partial charge in [0.15, 0.2) is 0 Å². The van der Waals surface area contributed by atoms with Gasteiger partial charge in [-0.25, -0.2) is 0 Å². The number of amides is 2. The van der Waals surface area contributed by atoms with Gasteiger partial charge in [0.2, 0.25) is 5.91 Å². The minimum atomic E-state index is 0.00446. The Hall–Kier alpha value is -1.78. The first-order valence-corrected chi connectivity index (χ1v) is 8.69. The molecule has 5 nitrogen and oxygen atoms in total. The van der Waals surface area contributed by atoms with Gasteiger partial charge in [-0.15, -0.1) is 0 Å². The molecule has 2 amide bonds. The van der Waals surface area contributed by atoms with E-state index in [1.807, 2.05) is 24.1 Å². The molecule has 1 atom stereocenters. The molecule has 1 saturated heterocycles. The van der Waals surface area contributed by atoms with Gasteiger partial charge in [0, 0.05) is 32.3 Å². The minimum absolute atomic E-state index is 0.00446. The Labute approximate surface area is 138 Å². The van der Waals surface area contributed by atoms with Crippen molar-refractivity contribution in [2.24, 2.45) is 11.8 Å². The highest BCUT2D eigenvalue weighted by Crippen LogP contribution is 2.32. The predicted octanol–water partition coefficient (Wildman–Crippen LogP) is 2.43. The molecule has 126 valence electrons. The van der Waals surface area contributed by atoms with Gasteiger partial charge in [-0.2, -0.15) is 0 Å². The van der Waals surface area contributed by atoms with Crippen LogP contribution in [0.25, 0.3) is 0 Å². The van der Waals surface area contributed by atoms with Crippen LogP contribution in [0.4, 0.5) is 0 Å². The summed E-state index contributed by atoms with van der Waals surface area (Å²) in [5.74, 6) is 1.23. The van der Waals surface area contributed by atoms with Gasteiger partial charge >= 0.3 is 0 Å². The number of aromatic amines is 1. The second-order valence-electron chi connectivity index (χ2n) is 7.39. The summed E-state index contributed by atoms with van der Waals surface area (Å²) in [6.07, 6.45) is 4.74. The number of H-pyrrole nitrogens is 1. The molecule has 2 fully saturated rings. The summed E-state index contributed by atoms with van der Waals surface area (Å²) in [5.41, 5.74) is 1.67. The van der Waals surface area contributed by atoms with Crippen molar-refractivity contribution in [1.29, 1.82) is 0 Å². The van der Waals surface area contributed by atoms with Crippen LogP contribution in [0, 0.1) is 18.8 Å². The fourth-order valence-corrected chi connectivity index (χ4v) is 3.34. The second kappa shape index (κ2) is 6.38. The van der Waals surface area contributed by atoms with E-state index in [4.69, 9.17) is 0 Å². The van der Waals surface area contributed by atoms with E-state index in [9.17, 15) is 9.59 Å². The van der Waals surface area contributed by atoms with E-state index in [2.05, 4.69) is 23.7 Å². The summed E-state index contributed by atoms with van der Waals surface area (Å²) in [5, 5.41) is 0. The Bertz CT molecular complexity index is 589. The zero-order chi connectivity index (χ0) is 16.6. The number of hydrogen-bond acceptors (Lipinski definition) is 2. The van der Waals surface area contributed by atoms with Crippen LogP contribution in [-0.4, -0.2) is 52.3 Å². The Kier molecular flexibility index (Phi) is 4.46. The lowest BCUT2D eigenvalue weighted by molar-refractivity contribution is -0.133. The molecule has 1 aromatic heterocycles. The molecular weight excluding hydrogens is 290 g/mol. The number of carbonyl (C=O) groups excluding carboxylic acids is 2. The molecule has 2 aliphatic rings. The van der Waals surface area contributed by atoms with E-state index in [1.165, 1.54) is 12.8 Å². The van der Waals surface area contributed by atoms with Gasteiger partial charge in [0.05, 0.1) is 6.04 Å². The van der Waals surface area contributed by atoms with E-state index < -0.39 is 0 Å². The van der Waals surface area contributed by atoms with Gasteiger partial charge in [0.25, 0.3) is 5.91 Å². The van der Waals surface area contributed by atoms with Crippen molar-refractivity contribution in [3.63, 3.8) is 0 Å². The zero-order valence-corrected chi connectivity index (χ0v) is 14.3. The summed E-state index contributed by atoms with van der Waals surface area (Å²) in [6.45, 7) is 8.27. The molecule has 2 heterocycles. The normalized spacial score (nSPS) is 22.6. The Morgan fingerprint density at radius 1 is 1.39 bits per heavy atom. The molecule has 0 bridgehead atoms. The zero-order valence-electron chi connectivity index (χ0n) is 14.3. The standard InChI is InChI=1S/C18H27N3O2/c1-12(2)16-11-20(18(23)15-8-13(3)9-19-15)7-6-17(22)21(16)10-14-4-5-14/h8-9,12,14,16,19H,4-7,10-11H2,1-3H3/t16-/m1/s1. The summed E-state index contributed by atoms with van der Waals surface area (Å²) < 4.78 is 0. The van der Waals surface area contributed by atoms with Crippen molar-refractivity contribution in [2.75, 3.05) is 19.6 Å². The topological polar surface area (TPSA) is 56.4 Å². The molecule has 5 heteroatoms. The van der Waals surface area contributed by atoms with Crippen molar-refractivity contribution in [1.82, 2.24) is 14.8 Å². The third kappa shape index (κ3) is 3.59. The van der Waals surface area contributed by atoms with Gasteiger partial charge in [0.1, 0.15) is 5.69 Å². The van der Waals surface area contributed by atoms with Crippen molar-refractivity contribution in [3.05, 3.63) is 23.5 Å². The van der Waals surface area contributed by atoms with Crippen molar-refractivity contribution >= 4 is 11.8 Å². The third-order valence-electron chi connectivity index (χ3n) is 4.99. The summed E-state index contributed by atoms with van der Waals surface area (Å²) in [7, 11) is 0. The van der Waals surface area contributed by atoms with E-state index in [1.54, 1.807) is 0 Å². The first-order valence-electron chi connectivity index (χ1n) is 8.69. The monoisotopic (exact) mass is 317 g/mol. The lowest BCUT2D eigenvalue weighted by Gasteiger charge is -2.34. The average Bonchev–Trinajstić information content (AvgIpc) is 3.25. The summed E-state index contributed by atoms with van der Waals surface area (Å²) in [6, 6.07) is 1.99. The quantitative estimate of drug-likeness (QED) is 0.927. The van der Waals surface area contributed by atoms with E-state index >= 15 is 0 Å². The van der Waals surface area contributed by atoms with Crippen LogP contribution in [-0.2, 0) is 4.79 Å². The molecule has 0 spiro atoms. The largest absolute Gasteiger partial charge is 0.357 e. The molecule has 3 rings (SSSR count). The maximum Gasteiger partial charge on any atom is 0.270 e. The van der Waals surface area contributed by atoms with Gasteiger partial charge < -0.3 is 14.8 Å². The number of aryl methyl sites for hydroxylation is 1. The number of hydrogen-bond donors (Lipinski definition) is 1. The lowest BCUT2D eigenvalue weighted by atomic mass is 10.0. The molecule has 23 heavy (non-hydrogen) atoms. The maximum atomic E-state index is 12.7. The lowest BCUT2D eigenvalue weighted by Crippen LogP contribution is -2.48. The average molecular weight is 317 g/mol. The Morgan fingerprint density at radius 2 is 2.13 bits per heavy atom. The predicted molar refractivity (Wildman–Crippen MR) is 89.1 cm³/mol.